The van der Waals surface area contributed by atoms with Gasteiger partial charge in [0.05, 0.1) is 39.6 Å². The lowest BCUT2D eigenvalue weighted by Crippen LogP contribution is -2.67. The molecule has 2 saturated heterocycles. The number of aliphatic carboxylic acids is 1. The van der Waals surface area contributed by atoms with Crippen molar-refractivity contribution in [3.63, 3.8) is 0 Å². The number of nitrogens with one attached hydrogen (secondary N) is 2. The molecule has 0 aliphatic carbocycles. The van der Waals surface area contributed by atoms with E-state index in [9.17, 15) is 34.5 Å². The van der Waals surface area contributed by atoms with Gasteiger partial charge in [-0.1, -0.05) is 0 Å². The standard InChI is InChI=1S/C22H25N3O8S/c1-9(26)14-17-22(2,34-11-5-6-23-8-11)15(16(21(32)33)25(17)19(14)29)18(28)24-12-4-3-10(20(30)31)7-13(12)27/h3-4,7,9,11,14,17,23,26-27H,5-6,8H2,1-2H3,(H,24,28)(H,30,31)(H,32,33)/t9?,11?,14?,17-,22?/m0/s1. The highest BCUT2D eigenvalue weighted by Crippen LogP contribution is 2.57. The number of aliphatic hydroxyl groups is 1. The third kappa shape index (κ3) is 3.71. The molecule has 12 heteroatoms. The number of phenolic OH excluding ortho intramolecular Hbond substituents is 1. The number of carboxylic acid groups (broad SMARTS) is 2. The van der Waals surface area contributed by atoms with E-state index in [1.165, 1.54) is 30.8 Å². The van der Waals surface area contributed by atoms with Crippen LogP contribution in [0.2, 0.25) is 0 Å². The zero-order valence-electron chi connectivity index (χ0n) is 18.4. The van der Waals surface area contributed by atoms with E-state index in [1.807, 2.05) is 0 Å². The van der Waals surface area contributed by atoms with Crippen molar-refractivity contribution in [1.82, 2.24) is 10.2 Å². The Kier molecular flexibility index (Phi) is 6.08. The van der Waals surface area contributed by atoms with E-state index in [-0.39, 0.29) is 22.1 Å². The second-order valence-electron chi connectivity index (χ2n) is 8.78. The number of benzene rings is 1. The second-order valence-corrected chi connectivity index (χ2v) is 10.5. The largest absolute Gasteiger partial charge is 0.506 e. The monoisotopic (exact) mass is 491 g/mol. The van der Waals surface area contributed by atoms with Gasteiger partial charge in [0, 0.05) is 11.8 Å². The number of carboxylic acids is 2. The first kappa shape index (κ1) is 24.0. The smallest absolute Gasteiger partial charge is 0.353 e. The van der Waals surface area contributed by atoms with Crippen LogP contribution < -0.4 is 10.6 Å². The first-order valence-corrected chi connectivity index (χ1v) is 11.6. The molecule has 34 heavy (non-hydrogen) atoms. The van der Waals surface area contributed by atoms with Gasteiger partial charge in [-0.3, -0.25) is 14.5 Å². The Balaban J connectivity index is 1.77. The van der Waals surface area contributed by atoms with Gasteiger partial charge in [-0.05, 0) is 45.0 Å². The summed E-state index contributed by atoms with van der Waals surface area (Å²) < 4.78 is -1.15. The number of aromatic carboxylic acids is 1. The Labute approximate surface area is 198 Å². The Morgan fingerprint density at radius 3 is 2.50 bits per heavy atom. The Morgan fingerprint density at radius 2 is 1.97 bits per heavy atom. The summed E-state index contributed by atoms with van der Waals surface area (Å²) in [4.78, 5) is 50.8. The molecule has 4 unspecified atom stereocenters. The van der Waals surface area contributed by atoms with Crippen molar-refractivity contribution < 1.29 is 39.6 Å². The SMILES string of the molecule is CC(O)C1C(=O)N2C(C(=O)O)=C(C(=O)Nc3ccc(C(=O)O)cc3O)C(C)(SC3CCNC3)[C@H]12. The summed E-state index contributed by atoms with van der Waals surface area (Å²) in [6, 6.07) is 2.63. The normalized spacial score (nSPS) is 29.0. The third-order valence-corrected chi connectivity index (χ3v) is 8.22. The summed E-state index contributed by atoms with van der Waals surface area (Å²) in [6.45, 7) is 4.58. The summed E-state index contributed by atoms with van der Waals surface area (Å²) in [5.74, 6) is -5.48. The number of thioether (sulfide) groups is 1. The molecule has 0 spiro atoms. The number of phenols is 1. The van der Waals surface area contributed by atoms with Gasteiger partial charge in [-0.2, -0.15) is 0 Å². The van der Waals surface area contributed by atoms with E-state index < -0.39 is 58.0 Å². The van der Waals surface area contributed by atoms with E-state index in [0.717, 1.165) is 23.9 Å². The van der Waals surface area contributed by atoms with E-state index in [0.29, 0.717) is 6.54 Å². The molecular formula is C22H25N3O8S. The highest BCUT2D eigenvalue weighted by Gasteiger charge is 2.68. The minimum Gasteiger partial charge on any atom is -0.506 e. The molecule has 1 aromatic rings. The first-order chi connectivity index (χ1) is 16.0. The van der Waals surface area contributed by atoms with Gasteiger partial charge in [-0.15, -0.1) is 11.8 Å². The number of nitrogens with zero attached hydrogens (tertiary/aromatic N) is 1. The molecule has 11 nitrogen and oxygen atoms in total. The Hall–Kier alpha value is -3.09. The summed E-state index contributed by atoms with van der Waals surface area (Å²) >= 11 is 1.39. The van der Waals surface area contributed by atoms with Crippen LogP contribution in [0, 0.1) is 5.92 Å². The number of aliphatic hydroxyl groups excluding tert-OH is 1. The fourth-order valence-electron chi connectivity index (χ4n) is 5.02. The lowest BCUT2D eigenvalue weighted by Gasteiger charge is -2.50. The summed E-state index contributed by atoms with van der Waals surface area (Å²) in [5.41, 5.74) is -0.882. The topological polar surface area (TPSA) is 176 Å². The second kappa shape index (κ2) is 8.60. The van der Waals surface area contributed by atoms with Gasteiger partial charge in [0.15, 0.2) is 0 Å². The molecule has 0 bridgehead atoms. The predicted octanol–water partition coefficient (Wildman–Crippen LogP) is 0.443. The maximum Gasteiger partial charge on any atom is 0.353 e. The zero-order valence-corrected chi connectivity index (χ0v) is 19.3. The Morgan fingerprint density at radius 1 is 1.26 bits per heavy atom. The van der Waals surface area contributed by atoms with Crippen molar-refractivity contribution in [3.8, 4) is 5.75 Å². The Bertz CT molecular complexity index is 1110. The number of aromatic hydroxyl groups is 1. The van der Waals surface area contributed by atoms with E-state index in [1.54, 1.807) is 6.92 Å². The predicted molar refractivity (Wildman–Crippen MR) is 121 cm³/mol. The number of anilines is 1. The first-order valence-electron chi connectivity index (χ1n) is 10.7. The number of rotatable bonds is 7. The number of carbonyl (C=O) groups excluding carboxylic acids is 2. The molecule has 2 fully saturated rings. The lowest BCUT2D eigenvalue weighted by molar-refractivity contribution is -0.162. The average Bonchev–Trinajstić information content (AvgIpc) is 3.31. The molecule has 3 aliphatic rings. The number of hydrogen-bond acceptors (Lipinski definition) is 8. The number of fused-ring (bicyclic) bond motifs is 1. The minimum absolute atomic E-state index is 0.0522. The van der Waals surface area contributed by atoms with Gasteiger partial charge >= 0.3 is 11.9 Å². The molecule has 4 rings (SSSR count). The molecule has 2 amide bonds. The van der Waals surface area contributed by atoms with E-state index in [4.69, 9.17) is 5.11 Å². The summed E-state index contributed by atoms with van der Waals surface area (Å²) in [5, 5.41) is 45.3. The number of amides is 2. The van der Waals surface area contributed by atoms with Crippen LogP contribution in [0.5, 0.6) is 5.75 Å². The van der Waals surface area contributed by atoms with Crippen LogP contribution in [0.1, 0.15) is 30.6 Å². The van der Waals surface area contributed by atoms with Crippen LogP contribution in [-0.2, 0) is 14.4 Å². The number of carbonyl (C=O) groups is 4. The van der Waals surface area contributed by atoms with Gasteiger partial charge in [0.2, 0.25) is 5.91 Å². The van der Waals surface area contributed by atoms with Crippen LogP contribution in [0.4, 0.5) is 5.69 Å². The van der Waals surface area contributed by atoms with Crippen molar-refractivity contribution in [2.45, 2.75) is 42.4 Å². The highest BCUT2D eigenvalue weighted by atomic mass is 32.2. The molecule has 0 radical (unpaired) electrons. The highest BCUT2D eigenvalue weighted by molar-refractivity contribution is 8.01. The van der Waals surface area contributed by atoms with Crippen LogP contribution in [0.3, 0.4) is 0 Å². The van der Waals surface area contributed by atoms with Gasteiger partial charge in [-0.25, -0.2) is 9.59 Å². The van der Waals surface area contributed by atoms with Crippen molar-refractivity contribution in [2.24, 2.45) is 5.92 Å². The van der Waals surface area contributed by atoms with E-state index in [2.05, 4.69) is 10.6 Å². The lowest BCUT2D eigenvalue weighted by atomic mass is 9.77. The van der Waals surface area contributed by atoms with E-state index >= 15 is 0 Å². The molecule has 182 valence electrons. The van der Waals surface area contributed by atoms with Crippen LogP contribution in [-0.4, -0.2) is 84.3 Å². The van der Waals surface area contributed by atoms with Crippen LogP contribution >= 0.6 is 11.8 Å². The molecule has 0 aromatic heterocycles. The third-order valence-electron chi connectivity index (χ3n) is 6.55. The number of β-lactam (4-membered cyclic amide) rings is 1. The van der Waals surface area contributed by atoms with Crippen molar-refractivity contribution in [1.29, 1.82) is 0 Å². The van der Waals surface area contributed by atoms with Crippen LogP contribution in [0.15, 0.2) is 29.5 Å². The van der Waals surface area contributed by atoms with Crippen molar-refractivity contribution in [2.75, 3.05) is 18.4 Å². The number of hydrogen-bond donors (Lipinski definition) is 6. The molecule has 1 aromatic carbocycles. The maximum atomic E-state index is 13.5. The fourth-order valence-corrected chi connectivity index (χ4v) is 6.85. The summed E-state index contributed by atoms with van der Waals surface area (Å²) in [6.07, 6.45) is -0.255. The van der Waals surface area contributed by atoms with Gasteiger partial charge < -0.3 is 31.1 Å². The summed E-state index contributed by atoms with van der Waals surface area (Å²) in [7, 11) is 0. The quantitative estimate of drug-likeness (QED) is 0.232. The van der Waals surface area contributed by atoms with Gasteiger partial charge in [0.1, 0.15) is 11.4 Å². The molecule has 6 N–H and O–H groups in total. The van der Waals surface area contributed by atoms with Crippen molar-refractivity contribution in [3.05, 3.63) is 35.0 Å². The fraction of sp³-hybridized carbons (Fsp3) is 0.455. The minimum atomic E-state index is -1.45. The van der Waals surface area contributed by atoms with Crippen molar-refractivity contribution >= 4 is 41.2 Å². The average molecular weight is 492 g/mol. The molecule has 3 aliphatic heterocycles. The molecule has 3 heterocycles. The van der Waals surface area contributed by atoms with Crippen LogP contribution in [0.25, 0.3) is 0 Å². The maximum absolute atomic E-state index is 13.5. The zero-order chi connectivity index (χ0) is 24.9. The van der Waals surface area contributed by atoms with Gasteiger partial charge in [0.25, 0.3) is 5.91 Å². The molecule has 5 atom stereocenters. The molecular weight excluding hydrogens is 466 g/mol. The molecule has 0 saturated carbocycles.